The first-order valence-electron chi connectivity index (χ1n) is 9.76. The number of para-hydroxylation sites is 1. The van der Waals surface area contributed by atoms with Crippen molar-refractivity contribution in [3.05, 3.63) is 45.1 Å². The van der Waals surface area contributed by atoms with Crippen LogP contribution < -0.4 is 11.2 Å². The van der Waals surface area contributed by atoms with E-state index in [9.17, 15) is 19.2 Å². The Bertz CT molecular complexity index is 1030. The highest BCUT2D eigenvalue weighted by molar-refractivity contribution is 5.86. The van der Waals surface area contributed by atoms with Crippen molar-refractivity contribution in [2.75, 3.05) is 46.8 Å². The molecule has 156 valence electrons. The zero-order valence-corrected chi connectivity index (χ0v) is 17.1. The van der Waals surface area contributed by atoms with Crippen LogP contribution in [0.3, 0.4) is 0 Å². The van der Waals surface area contributed by atoms with Crippen molar-refractivity contribution in [1.29, 1.82) is 0 Å². The number of hydrogen-bond donors (Lipinski definition) is 0. The fourth-order valence-electron chi connectivity index (χ4n) is 3.51. The minimum Gasteiger partial charge on any atom is -0.339 e. The van der Waals surface area contributed by atoms with Crippen molar-refractivity contribution in [1.82, 2.24) is 23.8 Å². The molecule has 3 rings (SSSR count). The molecule has 9 nitrogen and oxygen atoms in total. The summed E-state index contributed by atoms with van der Waals surface area (Å²) in [6.45, 7) is 4.56. The molecule has 1 aromatic heterocycles. The van der Waals surface area contributed by atoms with Crippen molar-refractivity contribution >= 4 is 22.7 Å². The van der Waals surface area contributed by atoms with E-state index < -0.39 is 5.69 Å². The van der Waals surface area contributed by atoms with Crippen molar-refractivity contribution in [2.24, 2.45) is 0 Å². The lowest BCUT2D eigenvalue weighted by atomic mass is 10.2. The van der Waals surface area contributed by atoms with Gasteiger partial charge < -0.3 is 14.7 Å². The van der Waals surface area contributed by atoms with Crippen LogP contribution >= 0.6 is 0 Å². The molecule has 0 N–H and O–H groups in total. The third-order valence-corrected chi connectivity index (χ3v) is 5.40. The van der Waals surface area contributed by atoms with E-state index in [1.54, 1.807) is 43.1 Å². The van der Waals surface area contributed by atoms with Gasteiger partial charge in [0.15, 0.2) is 0 Å². The number of fused-ring (bicyclic) bond motifs is 1. The van der Waals surface area contributed by atoms with Crippen molar-refractivity contribution < 1.29 is 9.59 Å². The quantitative estimate of drug-likeness (QED) is 0.669. The first kappa shape index (κ1) is 20.8. The second-order valence-corrected chi connectivity index (χ2v) is 7.37. The Labute approximate surface area is 168 Å². The van der Waals surface area contributed by atoms with Gasteiger partial charge in [0.25, 0.3) is 5.56 Å². The molecule has 0 aliphatic carbocycles. The number of amides is 2. The van der Waals surface area contributed by atoms with Crippen molar-refractivity contribution in [3.63, 3.8) is 0 Å². The number of hydrogen-bond acceptors (Lipinski definition) is 5. The lowest BCUT2D eigenvalue weighted by molar-refractivity contribution is -0.140. The van der Waals surface area contributed by atoms with Crippen LogP contribution in [0.2, 0.25) is 0 Å². The molecule has 1 aliphatic heterocycles. The van der Waals surface area contributed by atoms with E-state index in [4.69, 9.17) is 0 Å². The number of carbonyl (C=O) groups excluding carboxylic acids is 2. The second-order valence-electron chi connectivity index (χ2n) is 7.37. The van der Waals surface area contributed by atoms with Gasteiger partial charge in [0.2, 0.25) is 11.8 Å². The van der Waals surface area contributed by atoms with E-state index in [0.29, 0.717) is 24.0 Å². The molecule has 2 amide bonds. The van der Waals surface area contributed by atoms with E-state index in [-0.39, 0.29) is 37.0 Å². The van der Waals surface area contributed by atoms with Gasteiger partial charge in [0.05, 0.1) is 17.4 Å². The predicted octanol–water partition coefficient (Wildman–Crippen LogP) is -0.584. The maximum absolute atomic E-state index is 12.8. The first-order valence-corrected chi connectivity index (χ1v) is 9.76. The lowest BCUT2D eigenvalue weighted by Crippen LogP contribution is -2.50. The number of nitrogens with zero attached hydrogens (tertiary/aromatic N) is 5. The van der Waals surface area contributed by atoms with Crippen LogP contribution in [0.1, 0.15) is 6.92 Å². The molecule has 1 saturated heterocycles. The number of rotatable bonds is 5. The van der Waals surface area contributed by atoms with Crippen LogP contribution in [0.5, 0.6) is 0 Å². The van der Waals surface area contributed by atoms with Gasteiger partial charge in [-0.25, -0.2) is 4.79 Å². The van der Waals surface area contributed by atoms with E-state index in [2.05, 4.69) is 4.90 Å². The summed E-state index contributed by atoms with van der Waals surface area (Å²) < 4.78 is 2.42. The molecule has 0 saturated carbocycles. The summed E-state index contributed by atoms with van der Waals surface area (Å²) >= 11 is 0. The van der Waals surface area contributed by atoms with Crippen LogP contribution in [0.25, 0.3) is 10.9 Å². The topological polar surface area (TPSA) is 87.9 Å². The smallest absolute Gasteiger partial charge is 0.331 e. The highest BCUT2D eigenvalue weighted by Gasteiger charge is 2.23. The molecule has 0 atom stereocenters. The van der Waals surface area contributed by atoms with Gasteiger partial charge in [-0.1, -0.05) is 12.1 Å². The number of aromatic nitrogens is 2. The predicted molar refractivity (Wildman–Crippen MR) is 110 cm³/mol. The average Bonchev–Trinajstić information content (AvgIpc) is 2.71. The standard InChI is InChI=1S/C20H27N5O4/c1-4-24-19(28)15-7-5-6-8-16(15)25(20(24)29)14-17(26)22(3)13-18(27)23-11-9-21(2)10-12-23/h5-8H,4,9-14H2,1-3H3. The Morgan fingerprint density at radius 3 is 2.34 bits per heavy atom. The van der Waals surface area contributed by atoms with Crippen molar-refractivity contribution in [3.8, 4) is 0 Å². The molecule has 0 spiro atoms. The highest BCUT2D eigenvalue weighted by Crippen LogP contribution is 2.08. The molecule has 0 bridgehead atoms. The molecule has 2 heterocycles. The Hall–Kier alpha value is -2.94. The minimum absolute atomic E-state index is 0.0390. The Morgan fingerprint density at radius 2 is 1.69 bits per heavy atom. The van der Waals surface area contributed by atoms with Crippen LogP contribution in [0.4, 0.5) is 0 Å². The summed E-state index contributed by atoms with van der Waals surface area (Å²) in [5.74, 6) is -0.467. The van der Waals surface area contributed by atoms with Crippen LogP contribution in [0, 0.1) is 0 Å². The molecule has 1 fully saturated rings. The monoisotopic (exact) mass is 401 g/mol. The SMILES string of the molecule is CCn1c(=O)c2ccccc2n(CC(=O)N(C)CC(=O)N2CCN(C)CC2)c1=O. The van der Waals surface area contributed by atoms with Gasteiger partial charge >= 0.3 is 5.69 Å². The average molecular weight is 401 g/mol. The van der Waals surface area contributed by atoms with Gasteiger partial charge in [-0.2, -0.15) is 0 Å². The molecular formula is C20H27N5O4. The molecule has 9 heteroatoms. The number of likely N-dealkylation sites (N-methyl/N-ethyl adjacent to an activating group) is 2. The van der Waals surface area contributed by atoms with E-state index in [1.807, 2.05) is 7.05 Å². The van der Waals surface area contributed by atoms with Gasteiger partial charge in [0.1, 0.15) is 6.54 Å². The lowest BCUT2D eigenvalue weighted by Gasteiger charge is -2.33. The normalized spacial score (nSPS) is 14.9. The maximum Gasteiger partial charge on any atom is 0.331 e. The Balaban J connectivity index is 1.80. The Morgan fingerprint density at radius 1 is 1.03 bits per heavy atom. The van der Waals surface area contributed by atoms with Gasteiger partial charge in [-0.3, -0.25) is 23.5 Å². The third-order valence-electron chi connectivity index (χ3n) is 5.40. The molecule has 1 aliphatic rings. The van der Waals surface area contributed by atoms with Crippen LogP contribution in [0.15, 0.2) is 33.9 Å². The fourth-order valence-corrected chi connectivity index (χ4v) is 3.51. The van der Waals surface area contributed by atoms with Gasteiger partial charge in [-0.05, 0) is 26.1 Å². The van der Waals surface area contributed by atoms with E-state index >= 15 is 0 Å². The number of piperazine rings is 1. The third kappa shape index (κ3) is 4.24. The summed E-state index contributed by atoms with van der Waals surface area (Å²) in [6.07, 6.45) is 0. The Kier molecular flexibility index (Phi) is 6.17. The van der Waals surface area contributed by atoms with Crippen LogP contribution in [-0.4, -0.2) is 82.5 Å². The molecular weight excluding hydrogens is 374 g/mol. The van der Waals surface area contributed by atoms with Gasteiger partial charge in [0, 0.05) is 39.8 Å². The molecule has 0 radical (unpaired) electrons. The van der Waals surface area contributed by atoms with E-state index in [0.717, 1.165) is 17.7 Å². The van der Waals surface area contributed by atoms with Crippen molar-refractivity contribution in [2.45, 2.75) is 20.0 Å². The summed E-state index contributed by atoms with van der Waals surface area (Å²) in [7, 11) is 3.56. The highest BCUT2D eigenvalue weighted by atomic mass is 16.2. The van der Waals surface area contributed by atoms with Gasteiger partial charge in [-0.15, -0.1) is 0 Å². The molecule has 0 unspecified atom stereocenters. The maximum atomic E-state index is 12.8. The summed E-state index contributed by atoms with van der Waals surface area (Å²) in [5, 5.41) is 0.387. The zero-order valence-electron chi connectivity index (χ0n) is 17.1. The summed E-state index contributed by atoms with van der Waals surface area (Å²) in [4.78, 5) is 55.8. The number of carbonyl (C=O) groups is 2. The molecule has 29 heavy (non-hydrogen) atoms. The molecule has 2 aromatic rings. The summed E-state index contributed by atoms with van der Waals surface area (Å²) in [6, 6.07) is 6.74. The van der Waals surface area contributed by atoms with Crippen LogP contribution in [-0.2, 0) is 22.7 Å². The summed E-state index contributed by atoms with van der Waals surface area (Å²) in [5.41, 5.74) is -0.474. The zero-order chi connectivity index (χ0) is 21.1. The van der Waals surface area contributed by atoms with E-state index in [1.165, 1.54) is 9.47 Å². The molecule has 1 aromatic carbocycles. The minimum atomic E-state index is -0.525. The second kappa shape index (κ2) is 8.60. The largest absolute Gasteiger partial charge is 0.339 e. The first-order chi connectivity index (χ1) is 13.8. The fraction of sp³-hybridized carbons (Fsp3) is 0.500. The number of benzene rings is 1.